The van der Waals surface area contributed by atoms with Crippen molar-refractivity contribution in [3.8, 4) is 5.75 Å². The normalized spacial score (nSPS) is 13.2. The zero-order valence-electron chi connectivity index (χ0n) is 22.0. The van der Waals surface area contributed by atoms with Crippen LogP contribution in [-0.4, -0.2) is 45.4 Å². The van der Waals surface area contributed by atoms with E-state index in [-0.39, 0.29) is 5.91 Å². The van der Waals surface area contributed by atoms with Gasteiger partial charge in [-0.15, -0.1) is 11.3 Å². The predicted molar refractivity (Wildman–Crippen MR) is 157 cm³/mol. The number of aromatic nitrogens is 3. The summed E-state index contributed by atoms with van der Waals surface area (Å²) in [6.07, 6.45) is 6.96. The predicted octanol–water partition coefficient (Wildman–Crippen LogP) is 5.81. The summed E-state index contributed by atoms with van der Waals surface area (Å²) in [5.74, 6) is 1.36. The number of aryl methyl sites for hydroxylation is 1. The molecule has 1 aromatic carbocycles. The summed E-state index contributed by atoms with van der Waals surface area (Å²) < 4.78 is 5.90. The highest BCUT2D eigenvalue weighted by molar-refractivity contribution is 7.19. The molecular weight excluding hydrogens is 532 g/mol. The lowest BCUT2D eigenvalue weighted by Crippen LogP contribution is -2.34. The quantitative estimate of drug-likeness (QED) is 0.186. The second-order valence-electron chi connectivity index (χ2n) is 9.35. The van der Waals surface area contributed by atoms with Gasteiger partial charge in [-0.2, -0.15) is 0 Å². The fraction of sp³-hybridized carbons (Fsp3) is 0.310. The van der Waals surface area contributed by atoms with Crippen molar-refractivity contribution < 1.29 is 9.53 Å². The third kappa shape index (κ3) is 6.55. The van der Waals surface area contributed by atoms with Crippen molar-refractivity contribution in [3.63, 3.8) is 0 Å². The summed E-state index contributed by atoms with van der Waals surface area (Å²) in [4.78, 5) is 30.2. The first-order chi connectivity index (χ1) is 19.0. The van der Waals surface area contributed by atoms with Gasteiger partial charge in [-0.3, -0.25) is 9.78 Å². The van der Waals surface area contributed by atoms with Crippen molar-refractivity contribution in [1.82, 2.24) is 25.2 Å². The van der Waals surface area contributed by atoms with Crippen LogP contribution in [0.3, 0.4) is 0 Å². The van der Waals surface area contributed by atoms with Crippen molar-refractivity contribution in [3.05, 3.63) is 81.7 Å². The SMILES string of the molecule is CCCNC/C=C/C(=O)N1CCc2c(sc3ncnc(Nc4ccc(OCc5cccc(C)n5)c(Cl)c4)c23)C1. The second kappa shape index (κ2) is 12.5. The molecule has 0 unspecified atom stereocenters. The van der Waals surface area contributed by atoms with Crippen LogP contribution in [0.2, 0.25) is 5.02 Å². The molecule has 2 N–H and O–H groups in total. The van der Waals surface area contributed by atoms with Crippen LogP contribution in [0.25, 0.3) is 10.2 Å². The molecule has 8 nitrogen and oxygen atoms in total. The number of carbonyl (C=O) groups is 1. The van der Waals surface area contributed by atoms with Crippen LogP contribution in [0.1, 0.15) is 35.2 Å². The van der Waals surface area contributed by atoms with Crippen molar-refractivity contribution in [2.24, 2.45) is 0 Å². The van der Waals surface area contributed by atoms with Crippen molar-refractivity contribution in [2.75, 3.05) is 25.0 Å². The summed E-state index contributed by atoms with van der Waals surface area (Å²) in [6.45, 7) is 7.30. The number of benzene rings is 1. The molecule has 1 amide bonds. The third-order valence-corrected chi connectivity index (χ3v) is 7.83. The number of thiophene rings is 1. The van der Waals surface area contributed by atoms with Gasteiger partial charge in [0.05, 0.1) is 22.6 Å². The first-order valence-electron chi connectivity index (χ1n) is 13.0. The summed E-state index contributed by atoms with van der Waals surface area (Å²) in [6, 6.07) is 11.4. The molecule has 0 atom stereocenters. The highest BCUT2D eigenvalue weighted by Crippen LogP contribution is 2.38. The van der Waals surface area contributed by atoms with Crippen LogP contribution >= 0.6 is 22.9 Å². The zero-order valence-corrected chi connectivity index (χ0v) is 23.6. The fourth-order valence-corrected chi connectivity index (χ4v) is 5.94. The Kier molecular flexibility index (Phi) is 8.71. The van der Waals surface area contributed by atoms with Gasteiger partial charge in [0.25, 0.3) is 0 Å². The number of amides is 1. The number of halogens is 1. The van der Waals surface area contributed by atoms with Gasteiger partial charge in [-0.1, -0.05) is 30.7 Å². The number of rotatable bonds is 10. The number of fused-ring (bicyclic) bond motifs is 3. The second-order valence-corrected chi connectivity index (χ2v) is 10.8. The molecule has 1 aliphatic rings. The first kappa shape index (κ1) is 27.1. The van der Waals surface area contributed by atoms with E-state index in [2.05, 4.69) is 32.5 Å². The zero-order chi connectivity index (χ0) is 27.2. The summed E-state index contributed by atoms with van der Waals surface area (Å²) in [7, 11) is 0. The minimum atomic E-state index is 0.0379. The Morgan fingerprint density at radius 2 is 2.15 bits per heavy atom. The lowest BCUT2D eigenvalue weighted by molar-refractivity contribution is -0.126. The molecule has 0 fully saturated rings. The Bertz CT molecular complexity index is 1500. The van der Waals surface area contributed by atoms with Crippen LogP contribution in [-0.2, 0) is 24.4 Å². The molecule has 1 aliphatic heterocycles. The molecule has 3 aromatic heterocycles. The van der Waals surface area contributed by atoms with Crippen LogP contribution < -0.4 is 15.4 Å². The van der Waals surface area contributed by atoms with Gasteiger partial charge in [-0.05, 0) is 62.2 Å². The average Bonchev–Trinajstić information content (AvgIpc) is 3.31. The van der Waals surface area contributed by atoms with E-state index in [1.54, 1.807) is 23.7 Å². The van der Waals surface area contributed by atoms with E-state index in [0.29, 0.717) is 37.0 Å². The van der Waals surface area contributed by atoms with Crippen molar-refractivity contribution in [2.45, 2.75) is 39.8 Å². The Labute approximate surface area is 237 Å². The monoisotopic (exact) mass is 562 g/mol. The molecule has 4 heterocycles. The molecule has 0 radical (unpaired) electrons. The first-order valence-corrected chi connectivity index (χ1v) is 14.2. The van der Waals surface area contributed by atoms with Gasteiger partial charge in [0.1, 0.15) is 29.3 Å². The number of hydrogen-bond acceptors (Lipinski definition) is 8. The van der Waals surface area contributed by atoms with Crippen LogP contribution in [0, 0.1) is 6.92 Å². The number of hydrogen-bond donors (Lipinski definition) is 2. The number of pyridine rings is 1. The molecule has 0 spiro atoms. The Morgan fingerprint density at radius 3 is 2.97 bits per heavy atom. The Morgan fingerprint density at radius 1 is 1.26 bits per heavy atom. The summed E-state index contributed by atoms with van der Waals surface area (Å²) >= 11 is 8.17. The number of carbonyl (C=O) groups excluding carboxylic acids is 1. The molecule has 0 aliphatic carbocycles. The largest absolute Gasteiger partial charge is 0.486 e. The molecule has 0 bridgehead atoms. The van der Waals surface area contributed by atoms with E-state index in [0.717, 1.165) is 57.4 Å². The lowest BCUT2D eigenvalue weighted by Gasteiger charge is -2.26. The van der Waals surface area contributed by atoms with E-state index in [1.165, 1.54) is 5.56 Å². The van der Waals surface area contributed by atoms with Gasteiger partial charge < -0.3 is 20.3 Å². The Hall–Kier alpha value is -3.53. The topological polar surface area (TPSA) is 92.3 Å². The van der Waals surface area contributed by atoms with E-state index < -0.39 is 0 Å². The number of ether oxygens (including phenoxy) is 1. The smallest absolute Gasteiger partial charge is 0.246 e. The lowest BCUT2D eigenvalue weighted by atomic mass is 10.0. The number of nitrogens with one attached hydrogen (secondary N) is 2. The van der Waals surface area contributed by atoms with Crippen molar-refractivity contribution in [1.29, 1.82) is 0 Å². The maximum atomic E-state index is 12.7. The molecule has 39 heavy (non-hydrogen) atoms. The highest BCUT2D eigenvalue weighted by Gasteiger charge is 2.25. The van der Waals surface area contributed by atoms with Crippen molar-refractivity contribution >= 4 is 50.6 Å². The molecule has 10 heteroatoms. The fourth-order valence-electron chi connectivity index (χ4n) is 4.50. The standard InChI is InChI=1S/C29H31ClN6O2S/c1-3-12-31-13-5-8-26(37)36-14-11-22-25(16-36)39-29-27(22)28(32-18-33-29)35-20-9-10-24(23(30)15-20)38-17-21-7-4-6-19(2)34-21/h4-10,15,18,31H,3,11-14,16-17H2,1-2H3,(H,32,33,35)/b8-5+. The van der Waals surface area contributed by atoms with Gasteiger partial charge in [0, 0.05) is 35.4 Å². The minimum Gasteiger partial charge on any atom is -0.486 e. The molecule has 0 saturated heterocycles. The van der Waals surface area contributed by atoms with Gasteiger partial charge in [0.2, 0.25) is 5.91 Å². The van der Waals surface area contributed by atoms with Crippen LogP contribution in [0.15, 0.2) is 54.9 Å². The van der Waals surface area contributed by atoms with Gasteiger partial charge >= 0.3 is 0 Å². The molecule has 4 aromatic rings. The summed E-state index contributed by atoms with van der Waals surface area (Å²) in [5, 5.41) is 8.20. The minimum absolute atomic E-state index is 0.0379. The Balaban J connectivity index is 1.28. The highest BCUT2D eigenvalue weighted by atomic mass is 35.5. The van der Waals surface area contributed by atoms with Gasteiger partial charge in [0.15, 0.2) is 0 Å². The molecule has 5 rings (SSSR count). The van der Waals surface area contributed by atoms with E-state index >= 15 is 0 Å². The number of nitrogens with zero attached hydrogens (tertiary/aromatic N) is 4. The average molecular weight is 563 g/mol. The maximum absolute atomic E-state index is 12.7. The molecular formula is C29H31ClN6O2S. The van der Waals surface area contributed by atoms with Crippen LogP contribution in [0.4, 0.5) is 11.5 Å². The van der Waals surface area contributed by atoms with E-state index in [9.17, 15) is 4.79 Å². The van der Waals surface area contributed by atoms with E-state index in [4.69, 9.17) is 16.3 Å². The third-order valence-electron chi connectivity index (χ3n) is 6.41. The van der Waals surface area contributed by atoms with Gasteiger partial charge in [-0.25, -0.2) is 9.97 Å². The number of anilines is 2. The maximum Gasteiger partial charge on any atom is 0.246 e. The molecule has 202 valence electrons. The summed E-state index contributed by atoms with van der Waals surface area (Å²) in [5.41, 5.74) is 3.79. The van der Waals surface area contributed by atoms with Crippen LogP contribution in [0.5, 0.6) is 5.75 Å². The molecule has 0 saturated carbocycles. The van der Waals surface area contributed by atoms with E-state index in [1.807, 2.05) is 54.3 Å².